The number of nitrogens with one attached hydrogen (secondary N) is 1. The molecule has 0 bridgehead atoms. The normalized spacial score (nSPS) is 10.7. The Balaban J connectivity index is 1.66. The molecule has 0 spiro atoms. The maximum atomic E-state index is 12.0. The van der Waals surface area contributed by atoms with Gasteiger partial charge in [-0.1, -0.05) is 24.3 Å². The predicted octanol–water partition coefficient (Wildman–Crippen LogP) is 4.03. The first-order chi connectivity index (χ1) is 10.2. The molecule has 0 aliphatic rings. The van der Waals surface area contributed by atoms with Crippen LogP contribution in [0.25, 0.3) is 10.9 Å². The van der Waals surface area contributed by atoms with E-state index >= 15 is 0 Å². The number of aromatic nitrogens is 1. The van der Waals surface area contributed by atoms with Gasteiger partial charge in [0, 0.05) is 18.1 Å². The van der Waals surface area contributed by atoms with Crippen molar-refractivity contribution in [3.8, 4) is 0 Å². The number of hydrogen-bond acceptors (Lipinski definition) is 3. The first-order valence-electron chi connectivity index (χ1n) is 6.60. The molecule has 0 aliphatic carbocycles. The van der Waals surface area contributed by atoms with Crippen molar-refractivity contribution in [2.75, 3.05) is 6.54 Å². The third-order valence-corrected chi connectivity index (χ3v) is 4.82. The third kappa shape index (κ3) is 3.31. The van der Waals surface area contributed by atoms with E-state index in [9.17, 15) is 4.79 Å². The molecule has 1 aromatic carbocycles. The molecule has 5 heteroatoms. The molecule has 0 radical (unpaired) electrons. The number of rotatable bonds is 4. The summed E-state index contributed by atoms with van der Waals surface area (Å²) in [6.07, 6.45) is 2.57. The fraction of sp³-hybridized carbons (Fsp3) is 0.125. The van der Waals surface area contributed by atoms with Gasteiger partial charge in [-0.25, -0.2) is 0 Å². The van der Waals surface area contributed by atoms with E-state index in [1.54, 1.807) is 6.20 Å². The first kappa shape index (κ1) is 14.2. The van der Waals surface area contributed by atoms with Crippen LogP contribution in [0.2, 0.25) is 0 Å². The van der Waals surface area contributed by atoms with Crippen molar-refractivity contribution in [3.05, 3.63) is 62.9 Å². The number of hydrogen-bond donors (Lipinski definition) is 1. The summed E-state index contributed by atoms with van der Waals surface area (Å²) in [6.45, 7) is 0.601. The molecule has 0 aliphatic heterocycles. The standard InChI is InChI=1S/C16H13BrN2OS/c17-14-7-6-13(21-14)16(20)19-10-8-12-4-1-3-11-5-2-9-18-15(11)12/h1-7,9H,8,10H2,(H,19,20). The fourth-order valence-electron chi connectivity index (χ4n) is 2.20. The van der Waals surface area contributed by atoms with Gasteiger partial charge in [0.05, 0.1) is 14.2 Å². The third-order valence-electron chi connectivity index (χ3n) is 3.19. The Labute approximate surface area is 135 Å². The lowest BCUT2D eigenvalue weighted by molar-refractivity contribution is 0.0958. The van der Waals surface area contributed by atoms with Gasteiger partial charge in [0.1, 0.15) is 0 Å². The number of benzene rings is 1. The number of carbonyl (C=O) groups excluding carboxylic acids is 1. The molecule has 0 saturated heterocycles. The summed E-state index contributed by atoms with van der Waals surface area (Å²) < 4.78 is 0.964. The Kier molecular flexibility index (Phi) is 4.31. The molecule has 1 N–H and O–H groups in total. The van der Waals surface area contributed by atoms with Crippen molar-refractivity contribution in [2.24, 2.45) is 0 Å². The molecule has 1 amide bonds. The molecule has 0 unspecified atom stereocenters. The lowest BCUT2D eigenvalue weighted by Gasteiger charge is -2.06. The quantitative estimate of drug-likeness (QED) is 0.762. The largest absolute Gasteiger partial charge is 0.351 e. The Bertz CT molecular complexity index is 779. The van der Waals surface area contributed by atoms with Crippen LogP contribution in [0.3, 0.4) is 0 Å². The van der Waals surface area contributed by atoms with E-state index < -0.39 is 0 Å². The van der Waals surface area contributed by atoms with Crippen LogP contribution in [0.15, 0.2) is 52.4 Å². The van der Waals surface area contributed by atoms with Crippen molar-refractivity contribution in [1.82, 2.24) is 10.3 Å². The Hall–Kier alpha value is -1.72. The number of carbonyl (C=O) groups is 1. The molecule has 2 heterocycles. The maximum Gasteiger partial charge on any atom is 0.261 e. The zero-order valence-corrected chi connectivity index (χ0v) is 13.6. The molecule has 0 atom stereocenters. The highest BCUT2D eigenvalue weighted by Crippen LogP contribution is 2.22. The van der Waals surface area contributed by atoms with Gasteiger partial charge >= 0.3 is 0 Å². The SMILES string of the molecule is O=C(NCCc1cccc2cccnc12)c1ccc(Br)s1. The van der Waals surface area contributed by atoms with Gasteiger partial charge < -0.3 is 5.32 Å². The van der Waals surface area contributed by atoms with E-state index in [-0.39, 0.29) is 5.91 Å². The van der Waals surface area contributed by atoms with Gasteiger partial charge in [-0.05, 0) is 46.1 Å². The second-order valence-electron chi connectivity index (χ2n) is 4.60. The number of pyridine rings is 1. The monoisotopic (exact) mass is 360 g/mol. The number of para-hydroxylation sites is 1. The van der Waals surface area contributed by atoms with Gasteiger partial charge in [0.25, 0.3) is 5.91 Å². The highest BCUT2D eigenvalue weighted by Gasteiger charge is 2.08. The summed E-state index contributed by atoms with van der Waals surface area (Å²) in [5.41, 5.74) is 2.16. The summed E-state index contributed by atoms with van der Waals surface area (Å²) in [6, 6.07) is 13.8. The van der Waals surface area contributed by atoms with Gasteiger partial charge in [-0.15, -0.1) is 11.3 Å². The van der Waals surface area contributed by atoms with E-state index in [0.29, 0.717) is 6.54 Å². The van der Waals surface area contributed by atoms with E-state index in [2.05, 4.69) is 32.3 Å². The van der Waals surface area contributed by atoms with Crippen molar-refractivity contribution in [3.63, 3.8) is 0 Å². The van der Waals surface area contributed by atoms with Crippen LogP contribution < -0.4 is 5.32 Å². The molecule has 3 aromatic rings. The van der Waals surface area contributed by atoms with Crippen LogP contribution in [-0.2, 0) is 6.42 Å². The summed E-state index contributed by atoms with van der Waals surface area (Å²) in [5, 5.41) is 4.08. The minimum atomic E-state index is -0.0288. The fourth-order valence-corrected chi connectivity index (χ4v) is 3.51. The predicted molar refractivity (Wildman–Crippen MR) is 89.8 cm³/mol. The smallest absolute Gasteiger partial charge is 0.261 e. The Morgan fingerprint density at radius 3 is 2.86 bits per heavy atom. The van der Waals surface area contributed by atoms with E-state index in [1.165, 1.54) is 11.3 Å². The van der Waals surface area contributed by atoms with Gasteiger partial charge in [0.2, 0.25) is 0 Å². The van der Waals surface area contributed by atoms with Crippen molar-refractivity contribution in [2.45, 2.75) is 6.42 Å². The molecule has 106 valence electrons. The molecule has 3 nitrogen and oxygen atoms in total. The number of fused-ring (bicyclic) bond motifs is 1. The molecule has 0 saturated carbocycles. The van der Waals surface area contributed by atoms with Crippen LogP contribution in [0, 0.1) is 0 Å². The maximum absolute atomic E-state index is 12.0. The first-order valence-corrected chi connectivity index (χ1v) is 8.21. The average molecular weight is 361 g/mol. The van der Waals surface area contributed by atoms with Gasteiger partial charge in [-0.3, -0.25) is 9.78 Å². The van der Waals surface area contributed by atoms with Crippen molar-refractivity contribution >= 4 is 44.1 Å². The van der Waals surface area contributed by atoms with Crippen LogP contribution in [-0.4, -0.2) is 17.4 Å². The molecule has 2 aromatic heterocycles. The van der Waals surface area contributed by atoms with Crippen molar-refractivity contribution < 1.29 is 4.79 Å². The zero-order chi connectivity index (χ0) is 14.7. The molecule has 0 fully saturated rings. The molecular formula is C16H13BrN2OS. The topological polar surface area (TPSA) is 42.0 Å². The summed E-state index contributed by atoms with van der Waals surface area (Å²) in [7, 11) is 0. The van der Waals surface area contributed by atoms with Gasteiger partial charge in [0.15, 0.2) is 0 Å². The molecule has 21 heavy (non-hydrogen) atoms. The lowest BCUT2D eigenvalue weighted by atomic mass is 10.1. The number of halogens is 1. The summed E-state index contributed by atoms with van der Waals surface area (Å²) >= 11 is 4.80. The second kappa shape index (κ2) is 6.37. The second-order valence-corrected chi connectivity index (χ2v) is 7.06. The number of amides is 1. The van der Waals surface area contributed by atoms with E-state index in [1.807, 2.05) is 36.4 Å². The van der Waals surface area contributed by atoms with Crippen LogP contribution in [0.5, 0.6) is 0 Å². The minimum absolute atomic E-state index is 0.0288. The van der Waals surface area contributed by atoms with Crippen LogP contribution in [0.4, 0.5) is 0 Å². The highest BCUT2D eigenvalue weighted by atomic mass is 79.9. The molecule has 3 rings (SSSR count). The Morgan fingerprint density at radius 2 is 2.05 bits per heavy atom. The lowest BCUT2D eigenvalue weighted by Crippen LogP contribution is -2.24. The van der Waals surface area contributed by atoms with E-state index in [0.717, 1.165) is 31.6 Å². The highest BCUT2D eigenvalue weighted by molar-refractivity contribution is 9.11. The summed E-state index contributed by atoms with van der Waals surface area (Å²) in [4.78, 5) is 17.1. The van der Waals surface area contributed by atoms with Crippen molar-refractivity contribution in [1.29, 1.82) is 0 Å². The van der Waals surface area contributed by atoms with Crippen LogP contribution >= 0.6 is 27.3 Å². The minimum Gasteiger partial charge on any atom is -0.351 e. The van der Waals surface area contributed by atoms with Crippen LogP contribution in [0.1, 0.15) is 15.2 Å². The molecular weight excluding hydrogens is 348 g/mol. The number of nitrogens with zero attached hydrogens (tertiary/aromatic N) is 1. The Morgan fingerprint density at radius 1 is 1.19 bits per heavy atom. The summed E-state index contributed by atoms with van der Waals surface area (Å²) in [5.74, 6) is -0.0288. The van der Waals surface area contributed by atoms with E-state index in [4.69, 9.17) is 0 Å². The average Bonchev–Trinajstić information content (AvgIpc) is 2.94. The van der Waals surface area contributed by atoms with Gasteiger partial charge in [-0.2, -0.15) is 0 Å². The zero-order valence-electron chi connectivity index (χ0n) is 11.2. The number of thiophene rings is 1.